The number of hydrogen-bond acceptors (Lipinski definition) is 1. The number of ketones is 1. The van der Waals surface area contributed by atoms with Gasteiger partial charge in [-0.05, 0) is 6.92 Å². The maximum absolute atomic E-state index is 12.4. The molecular formula is C7H10F2O. The molecule has 0 saturated carbocycles. The average Bonchev–Trinajstić information content (AvgIpc) is 1.60. The van der Waals surface area contributed by atoms with Crippen molar-refractivity contribution < 1.29 is 13.6 Å². The van der Waals surface area contributed by atoms with E-state index in [1.165, 1.54) is 6.92 Å². The summed E-state index contributed by atoms with van der Waals surface area (Å²) in [5.74, 6) is -4.32. The van der Waals surface area contributed by atoms with Crippen LogP contribution in [0.4, 0.5) is 8.78 Å². The predicted molar refractivity (Wildman–Crippen MR) is 35.1 cm³/mol. The van der Waals surface area contributed by atoms with Crippen LogP contribution < -0.4 is 0 Å². The number of halogens is 2. The third-order valence-electron chi connectivity index (χ3n) is 1.04. The van der Waals surface area contributed by atoms with Crippen molar-refractivity contribution in [1.29, 1.82) is 0 Å². The fourth-order valence-corrected chi connectivity index (χ4v) is 0.503. The number of carbonyl (C=O) groups excluding carboxylic acids is 1. The monoisotopic (exact) mass is 148 g/mol. The Morgan fingerprint density at radius 1 is 1.50 bits per heavy atom. The van der Waals surface area contributed by atoms with Crippen LogP contribution in [0.1, 0.15) is 20.3 Å². The van der Waals surface area contributed by atoms with Crippen LogP contribution in [0.2, 0.25) is 0 Å². The van der Waals surface area contributed by atoms with Gasteiger partial charge >= 0.3 is 5.92 Å². The lowest BCUT2D eigenvalue weighted by Gasteiger charge is -2.11. The van der Waals surface area contributed by atoms with Crippen molar-refractivity contribution in [2.45, 2.75) is 26.2 Å². The van der Waals surface area contributed by atoms with Crippen molar-refractivity contribution in [2.24, 2.45) is 0 Å². The molecule has 0 rings (SSSR count). The Morgan fingerprint density at radius 2 is 1.90 bits per heavy atom. The molecule has 0 aromatic heterocycles. The molecule has 0 N–H and O–H groups in total. The Hall–Kier alpha value is -0.730. The first-order chi connectivity index (χ1) is 4.36. The smallest absolute Gasteiger partial charge is 0.293 e. The molecular weight excluding hydrogens is 138 g/mol. The Morgan fingerprint density at radius 3 is 2.00 bits per heavy atom. The molecule has 0 atom stereocenters. The molecule has 0 aromatic rings. The molecule has 0 bridgehead atoms. The van der Waals surface area contributed by atoms with Gasteiger partial charge in [0.25, 0.3) is 0 Å². The van der Waals surface area contributed by atoms with Gasteiger partial charge in [0, 0.05) is 13.3 Å². The van der Waals surface area contributed by atoms with Gasteiger partial charge in [-0.1, -0.05) is 12.2 Å². The molecule has 0 aliphatic carbocycles. The fourth-order valence-electron chi connectivity index (χ4n) is 0.503. The number of rotatable bonds is 3. The van der Waals surface area contributed by atoms with E-state index in [0.29, 0.717) is 5.57 Å². The van der Waals surface area contributed by atoms with Crippen LogP contribution in [0.25, 0.3) is 0 Å². The van der Waals surface area contributed by atoms with E-state index >= 15 is 0 Å². The zero-order valence-corrected chi connectivity index (χ0v) is 6.08. The van der Waals surface area contributed by atoms with E-state index in [-0.39, 0.29) is 0 Å². The third kappa shape index (κ3) is 2.71. The second-order valence-electron chi connectivity index (χ2n) is 2.39. The average molecular weight is 148 g/mol. The topological polar surface area (TPSA) is 17.1 Å². The molecule has 0 aromatic carbocycles. The molecule has 0 heterocycles. The first-order valence-corrected chi connectivity index (χ1v) is 2.89. The first-order valence-electron chi connectivity index (χ1n) is 2.89. The molecule has 0 spiro atoms. The summed E-state index contributed by atoms with van der Waals surface area (Å²) >= 11 is 0. The molecule has 0 amide bonds. The maximum Gasteiger partial charge on any atom is 0.308 e. The van der Waals surface area contributed by atoms with Crippen molar-refractivity contribution in [3.63, 3.8) is 0 Å². The van der Waals surface area contributed by atoms with E-state index in [2.05, 4.69) is 6.58 Å². The number of carbonyl (C=O) groups is 1. The minimum atomic E-state index is -3.22. The summed E-state index contributed by atoms with van der Waals surface area (Å²) in [6.07, 6.45) is -0.539. The molecule has 0 aliphatic heterocycles. The van der Waals surface area contributed by atoms with Gasteiger partial charge in [0.2, 0.25) is 0 Å². The normalized spacial score (nSPS) is 11.2. The summed E-state index contributed by atoms with van der Waals surface area (Å²) in [4.78, 5) is 10.2. The van der Waals surface area contributed by atoms with E-state index in [1.54, 1.807) is 0 Å². The minimum absolute atomic E-state index is 0.320. The minimum Gasteiger partial charge on any atom is -0.293 e. The van der Waals surface area contributed by atoms with E-state index in [9.17, 15) is 13.6 Å². The maximum atomic E-state index is 12.4. The largest absolute Gasteiger partial charge is 0.308 e. The Bertz CT molecular complexity index is 161. The van der Waals surface area contributed by atoms with Gasteiger partial charge in [0.05, 0.1) is 0 Å². The number of Topliss-reactive ketones (excluding diaryl/α,β-unsaturated/α-hetero) is 1. The van der Waals surface area contributed by atoms with Crippen LogP contribution in [0.15, 0.2) is 12.2 Å². The Labute approximate surface area is 58.7 Å². The van der Waals surface area contributed by atoms with Crippen LogP contribution in [-0.2, 0) is 4.79 Å². The summed E-state index contributed by atoms with van der Waals surface area (Å²) in [5, 5.41) is 0. The molecule has 0 aliphatic rings. The SMILES string of the molecule is C=C(C)CC(F)(F)C(C)=O. The van der Waals surface area contributed by atoms with Crippen molar-refractivity contribution in [3.05, 3.63) is 12.2 Å². The van der Waals surface area contributed by atoms with Crippen molar-refractivity contribution >= 4 is 5.78 Å². The van der Waals surface area contributed by atoms with E-state index in [1.807, 2.05) is 0 Å². The zero-order chi connectivity index (χ0) is 8.36. The quantitative estimate of drug-likeness (QED) is 0.560. The highest BCUT2D eigenvalue weighted by Crippen LogP contribution is 2.22. The van der Waals surface area contributed by atoms with Crippen LogP contribution in [0.3, 0.4) is 0 Å². The summed E-state index contributed by atoms with van der Waals surface area (Å²) in [7, 11) is 0. The van der Waals surface area contributed by atoms with Crippen molar-refractivity contribution in [1.82, 2.24) is 0 Å². The van der Waals surface area contributed by atoms with Gasteiger partial charge in [-0.15, -0.1) is 0 Å². The van der Waals surface area contributed by atoms with Crippen LogP contribution in [0, 0.1) is 0 Å². The summed E-state index contributed by atoms with van der Waals surface area (Å²) in [5.41, 5.74) is 0.320. The van der Waals surface area contributed by atoms with Crippen LogP contribution >= 0.6 is 0 Å². The van der Waals surface area contributed by atoms with E-state index < -0.39 is 18.1 Å². The summed E-state index contributed by atoms with van der Waals surface area (Å²) < 4.78 is 24.8. The van der Waals surface area contributed by atoms with Gasteiger partial charge in [-0.3, -0.25) is 4.79 Å². The van der Waals surface area contributed by atoms with Gasteiger partial charge < -0.3 is 0 Å². The van der Waals surface area contributed by atoms with Gasteiger partial charge in [0.15, 0.2) is 5.78 Å². The predicted octanol–water partition coefficient (Wildman–Crippen LogP) is 2.18. The second-order valence-corrected chi connectivity index (χ2v) is 2.39. The lowest BCUT2D eigenvalue weighted by molar-refractivity contribution is -0.140. The molecule has 0 fully saturated rings. The first kappa shape index (κ1) is 9.27. The van der Waals surface area contributed by atoms with Crippen molar-refractivity contribution in [2.75, 3.05) is 0 Å². The molecule has 3 heteroatoms. The van der Waals surface area contributed by atoms with Crippen molar-refractivity contribution in [3.8, 4) is 0 Å². The molecule has 10 heavy (non-hydrogen) atoms. The third-order valence-corrected chi connectivity index (χ3v) is 1.04. The lowest BCUT2D eigenvalue weighted by atomic mass is 10.1. The lowest BCUT2D eigenvalue weighted by Crippen LogP contribution is -2.25. The van der Waals surface area contributed by atoms with Gasteiger partial charge in [0.1, 0.15) is 0 Å². The number of hydrogen-bond donors (Lipinski definition) is 0. The molecule has 0 unspecified atom stereocenters. The molecule has 1 nitrogen and oxygen atoms in total. The van der Waals surface area contributed by atoms with Gasteiger partial charge in [-0.2, -0.15) is 8.78 Å². The second kappa shape index (κ2) is 2.90. The molecule has 58 valence electrons. The van der Waals surface area contributed by atoms with Crippen LogP contribution in [-0.4, -0.2) is 11.7 Å². The fraction of sp³-hybridized carbons (Fsp3) is 0.571. The van der Waals surface area contributed by atoms with Crippen LogP contribution in [0.5, 0.6) is 0 Å². The highest BCUT2D eigenvalue weighted by molar-refractivity contribution is 5.83. The van der Waals surface area contributed by atoms with Gasteiger partial charge in [-0.25, -0.2) is 0 Å². The zero-order valence-electron chi connectivity index (χ0n) is 6.08. The van der Waals surface area contributed by atoms with E-state index in [0.717, 1.165) is 6.92 Å². The highest BCUT2D eigenvalue weighted by atomic mass is 19.3. The number of allylic oxidation sites excluding steroid dienone is 1. The summed E-state index contributed by atoms with van der Waals surface area (Å²) in [6.45, 7) is 5.64. The Kier molecular flexibility index (Phi) is 2.69. The number of alkyl halides is 2. The Balaban J connectivity index is 4.13. The standard InChI is InChI=1S/C7H10F2O/c1-5(2)4-7(8,9)6(3)10/h1,4H2,2-3H3. The highest BCUT2D eigenvalue weighted by Gasteiger charge is 2.34. The summed E-state index contributed by atoms with van der Waals surface area (Å²) in [6, 6.07) is 0. The van der Waals surface area contributed by atoms with E-state index in [4.69, 9.17) is 0 Å². The molecule has 0 saturated heterocycles. The molecule has 0 radical (unpaired) electrons.